The van der Waals surface area contributed by atoms with Crippen molar-refractivity contribution in [1.29, 1.82) is 0 Å². The summed E-state index contributed by atoms with van der Waals surface area (Å²) in [5, 5.41) is 8.57. The molecule has 2 rings (SSSR count). The quantitative estimate of drug-likeness (QED) is 0.714. The molecule has 0 aliphatic heterocycles. The van der Waals surface area contributed by atoms with Crippen LogP contribution < -0.4 is 11.1 Å². The molecule has 0 saturated heterocycles. The number of aromatic amines is 1. The molecule has 0 aliphatic rings. The molecule has 6 heteroatoms. The molecule has 0 fully saturated rings. The third-order valence-corrected chi connectivity index (χ3v) is 1.98. The van der Waals surface area contributed by atoms with Crippen LogP contribution in [0, 0.1) is 5.82 Å². The number of halogens is 1. The Bertz CT molecular complexity index is 523. The third kappa shape index (κ3) is 2.00. The van der Waals surface area contributed by atoms with Gasteiger partial charge in [-0.2, -0.15) is 5.10 Å². The Morgan fingerprint density at radius 2 is 2.31 bits per heavy atom. The van der Waals surface area contributed by atoms with Crippen LogP contribution in [0.2, 0.25) is 0 Å². The van der Waals surface area contributed by atoms with Gasteiger partial charge in [0.1, 0.15) is 11.5 Å². The molecule has 1 aromatic heterocycles. The highest BCUT2D eigenvalue weighted by Gasteiger charge is 2.11. The Balaban J connectivity index is 2.17. The van der Waals surface area contributed by atoms with E-state index in [-0.39, 0.29) is 11.4 Å². The Kier molecular flexibility index (Phi) is 2.55. The summed E-state index contributed by atoms with van der Waals surface area (Å²) in [4.78, 5) is 11.6. The lowest BCUT2D eigenvalue weighted by Gasteiger charge is -2.03. The lowest BCUT2D eigenvalue weighted by molar-refractivity contribution is 0.102. The maximum absolute atomic E-state index is 12.8. The van der Waals surface area contributed by atoms with Crippen LogP contribution in [0.4, 0.5) is 15.8 Å². The first-order valence-electron chi connectivity index (χ1n) is 4.52. The van der Waals surface area contributed by atoms with Crippen LogP contribution in [0.3, 0.4) is 0 Å². The molecule has 0 aliphatic carbocycles. The number of rotatable bonds is 2. The van der Waals surface area contributed by atoms with E-state index in [0.29, 0.717) is 5.69 Å². The number of carbonyl (C=O) groups is 1. The molecule has 0 bridgehead atoms. The van der Waals surface area contributed by atoms with Gasteiger partial charge in [-0.25, -0.2) is 4.39 Å². The summed E-state index contributed by atoms with van der Waals surface area (Å²) >= 11 is 0. The van der Waals surface area contributed by atoms with E-state index >= 15 is 0 Å². The van der Waals surface area contributed by atoms with Crippen LogP contribution in [0.5, 0.6) is 0 Å². The fourth-order valence-corrected chi connectivity index (χ4v) is 1.24. The zero-order valence-electron chi connectivity index (χ0n) is 8.20. The summed E-state index contributed by atoms with van der Waals surface area (Å²) in [5.41, 5.74) is 6.26. The summed E-state index contributed by atoms with van der Waals surface area (Å²) in [7, 11) is 0. The summed E-state index contributed by atoms with van der Waals surface area (Å²) in [6.45, 7) is 0. The van der Waals surface area contributed by atoms with Crippen LogP contribution in [-0.4, -0.2) is 16.1 Å². The Morgan fingerprint density at radius 3 is 2.94 bits per heavy atom. The van der Waals surface area contributed by atoms with Gasteiger partial charge in [0.05, 0.1) is 11.9 Å². The van der Waals surface area contributed by atoms with Crippen molar-refractivity contribution in [2.24, 2.45) is 0 Å². The topological polar surface area (TPSA) is 83.8 Å². The van der Waals surface area contributed by atoms with Crippen molar-refractivity contribution in [1.82, 2.24) is 10.2 Å². The maximum atomic E-state index is 12.8. The van der Waals surface area contributed by atoms with Crippen molar-refractivity contribution in [3.8, 4) is 0 Å². The molecule has 4 N–H and O–H groups in total. The molecule has 16 heavy (non-hydrogen) atoms. The van der Waals surface area contributed by atoms with Crippen LogP contribution in [0.25, 0.3) is 0 Å². The molecular formula is C10H9FN4O. The zero-order chi connectivity index (χ0) is 11.5. The second-order valence-electron chi connectivity index (χ2n) is 3.16. The number of nitrogen functional groups attached to an aromatic ring is 1. The number of nitrogens with one attached hydrogen (secondary N) is 2. The van der Waals surface area contributed by atoms with Crippen molar-refractivity contribution in [2.75, 3.05) is 11.1 Å². The molecule has 0 unspecified atom stereocenters. The lowest BCUT2D eigenvalue weighted by atomic mass is 10.3. The van der Waals surface area contributed by atoms with Crippen molar-refractivity contribution < 1.29 is 9.18 Å². The summed E-state index contributed by atoms with van der Waals surface area (Å²) in [5.74, 6) is -0.879. The monoisotopic (exact) mass is 220 g/mol. The summed E-state index contributed by atoms with van der Waals surface area (Å²) < 4.78 is 12.8. The van der Waals surface area contributed by atoms with Gasteiger partial charge in [0.2, 0.25) is 0 Å². The number of hydrogen-bond donors (Lipinski definition) is 3. The van der Waals surface area contributed by atoms with E-state index in [9.17, 15) is 9.18 Å². The number of amides is 1. The first-order valence-corrected chi connectivity index (χ1v) is 4.52. The van der Waals surface area contributed by atoms with Crippen LogP contribution in [-0.2, 0) is 0 Å². The number of anilines is 2. The predicted molar refractivity (Wildman–Crippen MR) is 57.4 cm³/mol. The van der Waals surface area contributed by atoms with Gasteiger partial charge in [-0.15, -0.1) is 0 Å². The van der Waals surface area contributed by atoms with Gasteiger partial charge < -0.3 is 11.1 Å². The zero-order valence-corrected chi connectivity index (χ0v) is 8.20. The van der Waals surface area contributed by atoms with Gasteiger partial charge in [0.25, 0.3) is 5.91 Å². The van der Waals surface area contributed by atoms with Crippen LogP contribution >= 0.6 is 0 Å². The highest BCUT2D eigenvalue weighted by molar-refractivity contribution is 6.06. The van der Waals surface area contributed by atoms with Crippen molar-refractivity contribution >= 4 is 17.3 Å². The second-order valence-corrected chi connectivity index (χ2v) is 3.16. The fourth-order valence-electron chi connectivity index (χ4n) is 1.24. The van der Waals surface area contributed by atoms with Gasteiger partial charge in [-0.3, -0.25) is 9.89 Å². The van der Waals surface area contributed by atoms with E-state index in [0.717, 1.165) is 0 Å². The Labute approximate surface area is 90.5 Å². The average molecular weight is 220 g/mol. The van der Waals surface area contributed by atoms with Crippen LogP contribution in [0.15, 0.2) is 30.5 Å². The van der Waals surface area contributed by atoms with Gasteiger partial charge in [-0.1, -0.05) is 6.07 Å². The number of H-pyrrole nitrogens is 1. The number of nitrogens with zero attached hydrogens (tertiary/aromatic N) is 1. The van der Waals surface area contributed by atoms with E-state index in [4.69, 9.17) is 5.73 Å². The molecule has 2 aromatic rings. The first-order chi connectivity index (χ1) is 7.66. The summed E-state index contributed by atoms with van der Waals surface area (Å²) in [6, 6.07) is 5.58. The number of carbonyl (C=O) groups excluding carboxylic acids is 1. The molecule has 5 nitrogen and oxygen atoms in total. The van der Waals surface area contributed by atoms with Gasteiger partial charge in [0, 0.05) is 5.69 Å². The van der Waals surface area contributed by atoms with Crippen molar-refractivity contribution in [2.45, 2.75) is 0 Å². The number of nitrogens with two attached hydrogens (primary N) is 1. The number of benzene rings is 1. The smallest absolute Gasteiger partial charge is 0.275 e. The van der Waals surface area contributed by atoms with E-state index in [2.05, 4.69) is 15.5 Å². The first kappa shape index (κ1) is 10.2. The van der Waals surface area contributed by atoms with Gasteiger partial charge >= 0.3 is 0 Å². The highest BCUT2D eigenvalue weighted by Crippen LogP contribution is 2.12. The minimum atomic E-state index is -0.458. The predicted octanol–water partition coefficient (Wildman–Crippen LogP) is 1.38. The third-order valence-electron chi connectivity index (χ3n) is 1.98. The largest absolute Gasteiger partial charge is 0.396 e. The average Bonchev–Trinajstić information content (AvgIpc) is 2.64. The lowest BCUT2D eigenvalue weighted by Crippen LogP contribution is -2.14. The molecule has 0 radical (unpaired) electrons. The molecule has 1 heterocycles. The molecule has 1 amide bonds. The molecular weight excluding hydrogens is 211 g/mol. The maximum Gasteiger partial charge on any atom is 0.275 e. The van der Waals surface area contributed by atoms with E-state index in [1.165, 1.54) is 24.4 Å². The molecule has 0 atom stereocenters. The highest BCUT2D eigenvalue weighted by atomic mass is 19.1. The normalized spacial score (nSPS) is 10.1. The van der Waals surface area contributed by atoms with E-state index < -0.39 is 11.7 Å². The van der Waals surface area contributed by atoms with Gasteiger partial charge in [0.15, 0.2) is 0 Å². The number of hydrogen-bond acceptors (Lipinski definition) is 3. The Hall–Kier alpha value is -2.37. The fraction of sp³-hybridized carbons (Fsp3) is 0. The minimum Gasteiger partial charge on any atom is -0.396 e. The van der Waals surface area contributed by atoms with Crippen molar-refractivity contribution in [3.05, 3.63) is 42.0 Å². The molecule has 1 aromatic carbocycles. The van der Waals surface area contributed by atoms with Gasteiger partial charge in [-0.05, 0) is 18.2 Å². The minimum absolute atomic E-state index is 0.157. The Morgan fingerprint density at radius 1 is 1.50 bits per heavy atom. The van der Waals surface area contributed by atoms with E-state index in [1.54, 1.807) is 6.07 Å². The van der Waals surface area contributed by atoms with Crippen LogP contribution in [0.1, 0.15) is 10.5 Å². The second kappa shape index (κ2) is 4.01. The summed E-state index contributed by atoms with van der Waals surface area (Å²) in [6.07, 6.45) is 1.33. The SMILES string of the molecule is Nc1cn[nH]c1C(=O)Nc1cccc(F)c1. The standard InChI is InChI=1S/C10H9FN4O/c11-6-2-1-3-7(4-6)14-10(16)9-8(12)5-13-15-9/h1-5H,12H2,(H,13,15)(H,14,16). The molecule has 82 valence electrons. The van der Waals surface area contributed by atoms with E-state index in [1.807, 2.05) is 0 Å². The molecule has 0 spiro atoms. The van der Waals surface area contributed by atoms with Crippen molar-refractivity contribution in [3.63, 3.8) is 0 Å². The number of aromatic nitrogens is 2. The molecule has 0 saturated carbocycles.